The molecule has 8 fully saturated rings. The minimum absolute atomic E-state index is 0.0486. The SMILES string of the molecule is C[C@@H]1C[C@@H]2O[C@@]3(O[C@H]2C(C)(C)O)[C@H](O)[C@@]2(C)[C@@H]4CC[C@H]5C(C)(C)[C@@H](O[C@@H]6O[C@H](CO)[C@@H](O)[C@H](O)[C@H]6O)CC[C@@]56C[C@@]46CC[C@]2(C)[C@@H]13. The molecule has 3 saturated heterocycles. The molecule has 0 unspecified atom stereocenters. The minimum Gasteiger partial charge on any atom is -0.394 e. The molecule has 0 aromatic rings. The van der Waals surface area contributed by atoms with Gasteiger partial charge in [0.1, 0.15) is 36.6 Å². The van der Waals surface area contributed by atoms with E-state index < -0.39 is 66.3 Å². The smallest absolute Gasteiger partial charge is 0.199 e. The summed E-state index contributed by atoms with van der Waals surface area (Å²) in [6.07, 6.45) is -0.227. The predicted octanol–water partition coefficient (Wildman–Crippen LogP) is 2.48. The molecule has 0 amide bonds. The molecule has 46 heavy (non-hydrogen) atoms. The van der Waals surface area contributed by atoms with Gasteiger partial charge in [-0.05, 0) is 105 Å². The summed E-state index contributed by atoms with van der Waals surface area (Å²) in [7, 11) is 0. The summed E-state index contributed by atoms with van der Waals surface area (Å²) in [5, 5.41) is 64.9. The Hall–Kier alpha value is -0.400. The molecule has 8 rings (SSSR count). The van der Waals surface area contributed by atoms with Crippen molar-refractivity contribution in [3.8, 4) is 0 Å². The molecule has 18 atom stereocenters. The van der Waals surface area contributed by atoms with Crippen molar-refractivity contribution < 1.29 is 49.6 Å². The first-order valence-corrected chi connectivity index (χ1v) is 18.1. The van der Waals surface area contributed by atoms with Crippen LogP contribution in [0.15, 0.2) is 0 Å². The van der Waals surface area contributed by atoms with Crippen LogP contribution < -0.4 is 0 Å². The number of aliphatic hydroxyl groups excluding tert-OH is 5. The molecule has 5 saturated carbocycles. The van der Waals surface area contributed by atoms with Crippen molar-refractivity contribution in [2.45, 2.75) is 166 Å². The van der Waals surface area contributed by atoms with Gasteiger partial charge in [-0.25, -0.2) is 0 Å². The Morgan fingerprint density at radius 3 is 2.20 bits per heavy atom. The summed E-state index contributed by atoms with van der Waals surface area (Å²) >= 11 is 0. The maximum atomic E-state index is 12.7. The lowest BCUT2D eigenvalue weighted by Crippen LogP contribution is -2.62. The highest BCUT2D eigenvalue weighted by atomic mass is 16.8. The number of hydrogen-bond acceptors (Lipinski definition) is 10. The zero-order valence-electron chi connectivity index (χ0n) is 28.7. The Kier molecular flexibility index (Phi) is 6.90. The van der Waals surface area contributed by atoms with Crippen molar-refractivity contribution >= 4 is 0 Å². The van der Waals surface area contributed by atoms with Crippen LogP contribution in [0.3, 0.4) is 0 Å². The van der Waals surface area contributed by atoms with Crippen LogP contribution in [0.1, 0.15) is 99.8 Å². The molecule has 0 radical (unpaired) electrons. The van der Waals surface area contributed by atoms with E-state index in [-0.39, 0.29) is 39.8 Å². The van der Waals surface area contributed by atoms with E-state index in [4.69, 9.17) is 18.9 Å². The molecule has 3 spiro atoms. The summed E-state index contributed by atoms with van der Waals surface area (Å²) in [6.45, 7) is 14.7. The van der Waals surface area contributed by atoms with Crippen LogP contribution in [-0.4, -0.2) is 104 Å². The molecule has 5 aliphatic carbocycles. The van der Waals surface area contributed by atoms with Crippen molar-refractivity contribution in [1.29, 1.82) is 0 Å². The van der Waals surface area contributed by atoms with Gasteiger partial charge < -0.3 is 49.6 Å². The Bertz CT molecular complexity index is 1250. The minimum atomic E-state index is -1.46. The second-order valence-electron chi connectivity index (χ2n) is 18.7. The summed E-state index contributed by atoms with van der Waals surface area (Å²) < 4.78 is 25.9. The second kappa shape index (κ2) is 9.68. The van der Waals surface area contributed by atoms with Gasteiger partial charge >= 0.3 is 0 Å². The molecule has 8 aliphatic rings. The molecule has 2 bridgehead atoms. The van der Waals surface area contributed by atoms with Gasteiger partial charge in [-0.15, -0.1) is 0 Å². The molecular weight excluding hydrogens is 592 g/mol. The van der Waals surface area contributed by atoms with Gasteiger partial charge in [0.05, 0.1) is 24.4 Å². The number of fused-ring (bicyclic) bond motifs is 4. The maximum absolute atomic E-state index is 12.7. The van der Waals surface area contributed by atoms with E-state index in [0.29, 0.717) is 17.8 Å². The average molecular weight is 651 g/mol. The fourth-order valence-electron chi connectivity index (χ4n) is 14.2. The van der Waals surface area contributed by atoms with Gasteiger partial charge in [-0.3, -0.25) is 0 Å². The molecule has 3 aliphatic heterocycles. The number of aliphatic hydroxyl groups is 6. The maximum Gasteiger partial charge on any atom is 0.199 e. The van der Waals surface area contributed by atoms with Gasteiger partial charge in [0.2, 0.25) is 0 Å². The molecule has 262 valence electrons. The Balaban J connectivity index is 1.09. The van der Waals surface area contributed by atoms with E-state index in [9.17, 15) is 30.6 Å². The van der Waals surface area contributed by atoms with E-state index in [1.165, 1.54) is 0 Å². The summed E-state index contributed by atoms with van der Waals surface area (Å²) in [6, 6.07) is 0. The lowest BCUT2D eigenvalue weighted by molar-refractivity contribution is -0.326. The third-order valence-corrected chi connectivity index (χ3v) is 16.3. The molecule has 3 heterocycles. The largest absolute Gasteiger partial charge is 0.394 e. The van der Waals surface area contributed by atoms with Crippen molar-refractivity contribution in [3.63, 3.8) is 0 Å². The Morgan fingerprint density at radius 2 is 1.52 bits per heavy atom. The summed E-state index contributed by atoms with van der Waals surface area (Å²) in [5.74, 6) is -0.0409. The average Bonchev–Trinajstić information content (AvgIpc) is 3.50. The first-order valence-electron chi connectivity index (χ1n) is 18.1. The highest BCUT2D eigenvalue weighted by Crippen LogP contribution is 2.90. The highest BCUT2D eigenvalue weighted by molar-refractivity contribution is 5.34. The molecule has 6 N–H and O–H groups in total. The fourth-order valence-corrected chi connectivity index (χ4v) is 14.2. The fraction of sp³-hybridized carbons (Fsp3) is 1.00. The first kappa shape index (κ1) is 32.8. The number of rotatable bonds is 4. The van der Waals surface area contributed by atoms with Crippen LogP contribution in [-0.2, 0) is 18.9 Å². The molecule has 10 heteroatoms. The van der Waals surface area contributed by atoms with Crippen LogP contribution in [0, 0.1) is 50.7 Å². The van der Waals surface area contributed by atoms with Crippen molar-refractivity contribution in [2.24, 2.45) is 50.7 Å². The topological polar surface area (TPSA) is 158 Å². The lowest BCUT2D eigenvalue weighted by atomic mass is 9.41. The van der Waals surface area contributed by atoms with E-state index in [0.717, 1.165) is 51.4 Å². The monoisotopic (exact) mass is 650 g/mol. The first-order chi connectivity index (χ1) is 21.4. The van der Waals surface area contributed by atoms with E-state index >= 15 is 0 Å². The van der Waals surface area contributed by atoms with Gasteiger partial charge in [0, 0.05) is 11.3 Å². The second-order valence-corrected chi connectivity index (χ2v) is 18.7. The molecular formula is C36H58O10. The zero-order chi connectivity index (χ0) is 33.2. The molecule has 10 nitrogen and oxygen atoms in total. The van der Waals surface area contributed by atoms with Crippen LogP contribution in [0.5, 0.6) is 0 Å². The van der Waals surface area contributed by atoms with Gasteiger partial charge in [-0.2, -0.15) is 0 Å². The van der Waals surface area contributed by atoms with Crippen LogP contribution in [0.4, 0.5) is 0 Å². The van der Waals surface area contributed by atoms with E-state index in [1.807, 2.05) is 0 Å². The zero-order valence-corrected chi connectivity index (χ0v) is 28.7. The molecule has 0 aromatic heterocycles. The van der Waals surface area contributed by atoms with Gasteiger partial charge in [0.15, 0.2) is 12.1 Å². The Morgan fingerprint density at radius 1 is 0.848 bits per heavy atom. The van der Waals surface area contributed by atoms with Crippen LogP contribution in [0.25, 0.3) is 0 Å². The third kappa shape index (κ3) is 3.63. The number of ether oxygens (including phenoxy) is 4. The lowest BCUT2D eigenvalue weighted by Gasteiger charge is -2.63. The quantitative estimate of drug-likeness (QED) is 0.250. The van der Waals surface area contributed by atoms with E-state index in [2.05, 4.69) is 34.6 Å². The normalized spacial score (nSPS) is 61.6. The van der Waals surface area contributed by atoms with E-state index in [1.54, 1.807) is 13.8 Å². The standard InChI is InChI=1S/C36H58O10/c1-17-14-18-27(31(4,5)42)46-36(45-18)26(17)32(6)12-13-35-16-34(35)11-10-22(44-28-25(40)24(39)23(38)19(15-37)43-28)30(2,3)20(34)8-9-21(35)33(32,7)29(36)41/h17-29,37-42H,8-16H2,1-7H3/t17-,18+,19-,20+,21+,22+,23-,24+,25-,26-,27-,28+,29-,32-,33-,34-,35+,36+/m1/s1. The van der Waals surface area contributed by atoms with Crippen LogP contribution in [0.2, 0.25) is 0 Å². The van der Waals surface area contributed by atoms with Crippen molar-refractivity contribution in [1.82, 2.24) is 0 Å². The van der Waals surface area contributed by atoms with Gasteiger partial charge in [-0.1, -0.05) is 34.6 Å². The Labute approximate surface area is 273 Å². The van der Waals surface area contributed by atoms with Crippen molar-refractivity contribution in [2.75, 3.05) is 6.61 Å². The van der Waals surface area contributed by atoms with Crippen LogP contribution >= 0.6 is 0 Å². The van der Waals surface area contributed by atoms with Gasteiger partial charge in [0.25, 0.3) is 0 Å². The van der Waals surface area contributed by atoms with Crippen molar-refractivity contribution in [3.05, 3.63) is 0 Å². The highest BCUT2D eigenvalue weighted by Gasteiger charge is 2.88. The predicted molar refractivity (Wildman–Crippen MR) is 165 cm³/mol. The summed E-state index contributed by atoms with van der Waals surface area (Å²) in [4.78, 5) is 0. The summed E-state index contributed by atoms with van der Waals surface area (Å²) in [5.41, 5.74) is -1.62. The molecule has 0 aromatic carbocycles. The third-order valence-electron chi connectivity index (χ3n) is 16.3. The number of hydrogen-bond donors (Lipinski definition) is 6.